The summed E-state index contributed by atoms with van der Waals surface area (Å²) in [6.45, 7) is 0.868. The van der Waals surface area contributed by atoms with Crippen LogP contribution in [0.3, 0.4) is 0 Å². The van der Waals surface area contributed by atoms with E-state index in [1.807, 2.05) is 0 Å². The molecule has 0 aromatic heterocycles. The first-order valence-electron chi connectivity index (χ1n) is 5.41. The van der Waals surface area contributed by atoms with Gasteiger partial charge in [0.05, 0.1) is 4.47 Å². The Kier molecular flexibility index (Phi) is 3.74. The molecule has 0 spiro atoms. The molecule has 1 aliphatic heterocycles. The number of azide groups is 1. The van der Waals surface area contributed by atoms with Crippen LogP contribution >= 0.6 is 15.9 Å². The molecule has 1 unspecified atom stereocenters. The molecule has 1 saturated heterocycles. The molecule has 0 saturated carbocycles. The van der Waals surface area contributed by atoms with Gasteiger partial charge in [-0.3, -0.25) is 4.79 Å². The van der Waals surface area contributed by atoms with Gasteiger partial charge in [0.15, 0.2) is 0 Å². The molecule has 18 heavy (non-hydrogen) atoms. The maximum atomic E-state index is 11.9. The maximum absolute atomic E-state index is 11.9. The number of rotatable bonds is 3. The van der Waals surface area contributed by atoms with Crippen molar-refractivity contribution in [3.8, 4) is 5.75 Å². The molecule has 1 amide bonds. The summed E-state index contributed by atoms with van der Waals surface area (Å²) in [5, 5.41) is 12.9. The van der Waals surface area contributed by atoms with Gasteiger partial charge in [-0.2, -0.15) is 0 Å². The average Bonchev–Trinajstić information content (AvgIpc) is 2.71. The summed E-state index contributed by atoms with van der Waals surface area (Å²) in [5.41, 5.74) is 9.00. The quantitative estimate of drug-likeness (QED) is 0.528. The molecular formula is C11H11BrN4O2. The second-order valence-electron chi connectivity index (χ2n) is 4.12. The van der Waals surface area contributed by atoms with Crippen LogP contribution < -0.4 is 4.90 Å². The Morgan fingerprint density at radius 2 is 2.39 bits per heavy atom. The standard InChI is InChI=1S/C11H11BrN4O2/c12-9-4-8(1-2-10(9)17)16-6-7(3-11(16)18)5-14-15-13/h1-2,4,7,17H,3,5-6H2. The van der Waals surface area contributed by atoms with Crippen LogP contribution in [-0.4, -0.2) is 24.1 Å². The van der Waals surface area contributed by atoms with Gasteiger partial charge in [-0.1, -0.05) is 5.11 Å². The normalized spacial score (nSPS) is 18.8. The third-order valence-electron chi connectivity index (χ3n) is 2.85. The van der Waals surface area contributed by atoms with Crippen molar-refractivity contribution in [3.63, 3.8) is 0 Å². The van der Waals surface area contributed by atoms with E-state index in [2.05, 4.69) is 26.0 Å². The third-order valence-corrected chi connectivity index (χ3v) is 3.49. The second kappa shape index (κ2) is 5.29. The highest BCUT2D eigenvalue weighted by molar-refractivity contribution is 9.10. The number of benzene rings is 1. The summed E-state index contributed by atoms with van der Waals surface area (Å²) in [6.07, 6.45) is 0.386. The van der Waals surface area contributed by atoms with Crippen LogP contribution in [-0.2, 0) is 4.79 Å². The molecular weight excluding hydrogens is 300 g/mol. The highest BCUT2D eigenvalue weighted by Crippen LogP contribution is 2.31. The van der Waals surface area contributed by atoms with E-state index >= 15 is 0 Å². The molecule has 1 atom stereocenters. The van der Waals surface area contributed by atoms with Crippen molar-refractivity contribution in [2.24, 2.45) is 11.0 Å². The molecule has 1 N–H and O–H groups in total. The van der Waals surface area contributed by atoms with Crippen LogP contribution in [0.25, 0.3) is 10.4 Å². The number of hydrogen-bond donors (Lipinski definition) is 1. The van der Waals surface area contributed by atoms with E-state index in [-0.39, 0.29) is 17.6 Å². The third kappa shape index (κ3) is 2.57. The molecule has 1 aromatic carbocycles. The van der Waals surface area contributed by atoms with E-state index in [1.54, 1.807) is 17.0 Å². The molecule has 94 valence electrons. The number of hydrogen-bond acceptors (Lipinski definition) is 3. The molecule has 7 heteroatoms. The van der Waals surface area contributed by atoms with E-state index in [1.165, 1.54) is 6.07 Å². The molecule has 0 bridgehead atoms. The Hall–Kier alpha value is -1.72. The molecule has 1 aliphatic rings. The van der Waals surface area contributed by atoms with Crippen LogP contribution in [0.4, 0.5) is 5.69 Å². The second-order valence-corrected chi connectivity index (χ2v) is 4.98. The van der Waals surface area contributed by atoms with Gasteiger partial charge in [0.25, 0.3) is 0 Å². The Balaban J connectivity index is 2.16. The zero-order chi connectivity index (χ0) is 13.1. The minimum Gasteiger partial charge on any atom is -0.507 e. The number of carbonyl (C=O) groups excluding carboxylic acids is 1. The monoisotopic (exact) mass is 310 g/mol. The number of carbonyl (C=O) groups is 1. The van der Waals surface area contributed by atoms with Gasteiger partial charge < -0.3 is 10.0 Å². The molecule has 0 radical (unpaired) electrons. The fourth-order valence-corrected chi connectivity index (χ4v) is 2.34. The Bertz CT molecular complexity index is 528. The van der Waals surface area contributed by atoms with Crippen molar-refractivity contribution in [3.05, 3.63) is 33.1 Å². The minimum atomic E-state index is 0.00531. The Labute approximate surface area is 112 Å². The van der Waals surface area contributed by atoms with Crippen molar-refractivity contribution in [2.75, 3.05) is 18.0 Å². The number of nitrogens with zero attached hydrogens (tertiary/aromatic N) is 4. The zero-order valence-corrected chi connectivity index (χ0v) is 11.0. The summed E-state index contributed by atoms with van der Waals surface area (Å²) < 4.78 is 0.547. The van der Waals surface area contributed by atoms with Crippen molar-refractivity contribution in [2.45, 2.75) is 6.42 Å². The highest BCUT2D eigenvalue weighted by Gasteiger charge is 2.30. The topological polar surface area (TPSA) is 89.3 Å². The summed E-state index contributed by atoms with van der Waals surface area (Å²) in [7, 11) is 0. The summed E-state index contributed by atoms with van der Waals surface area (Å²) in [4.78, 5) is 16.2. The van der Waals surface area contributed by atoms with E-state index in [4.69, 9.17) is 5.53 Å². The van der Waals surface area contributed by atoms with Crippen LogP contribution in [0.2, 0.25) is 0 Å². The van der Waals surface area contributed by atoms with Gasteiger partial charge in [0.1, 0.15) is 5.75 Å². The van der Waals surface area contributed by atoms with E-state index < -0.39 is 0 Å². The Morgan fingerprint density at radius 3 is 3.06 bits per heavy atom. The maximum Gasteiger partial charge on any atom is 0.227 e. The average molecular weight is 311 g/mol. The first kappa shape index (κ1) is 12.7. The first-order chi connectivity index (χ1) is 8.61. The van der Waals surface area contributed by atoms with E-state index in [0.29, 0.717) is 24.0 Å². The van der Waals surface area contributed by atoms with Crippen molar-refractivity contribution in [1.82, 2.24) is 0 Å². The number of halogens is 1. The van der Waals surface area contributed by atoms with Gasteiger partial charge in [-0.15, -0.1) is 0 Å². The zero-order valence-electron chi connectivity index (χ0n) is 9.45. The van der Waals surface area contributed by atoms with E-state index in [9.17, 15) is 9.90 Å². The van der Waals surface area contributed by atoms with Crippen LogP contribution in [0.5, 0.6) is 5.75 Å². The van der Waals surface area contributed by atoms with E-state index in [0.717, 1.165) is 5.69 Å². The summed E-state index contributed by atoms with van der Waals surface area (Å²) in [6, 6.07) is 4.92. The predicted molar refractivity (Wildman–Crippen MR) is 70.3 cm³/mol. The fourth-order valence-electron chi connectivity index (χ4n) is 1.97. The molecule has 2 rings (SSSR count). The van der Waals surface area contributed by atoms with Gasteiger partial charge in [-0.25, -0.2) is 0 Å². The largest absolute Gasteiger partial charge is 0.507 e. The summed E-state index contributed by atoms with van der Waals surface area (Å²) in [5.74, 6) is 0.197. The Morgan fingerprint density at radius 1 is 1.61 bits per heavy atom. The lowest BCUT2D eigenvalue weighted by atomic mass is 10.1. The number of aromatic hydroxyl groups is 1. The molecule has 0 aliphatic carbocycles. The molecule has 1 fully saturated rings. The highest BCUT2D eigenvalue weighted by atomic mass is 79.9. The molecule has 1 heterocycles. The van der Waals surface area contributed by atoms with Crippen LogP contribution in [0.15, 0.2) is 27.8 Å². The smallest absolute Gasteiger partial charge is 0.227 e. The molecule has 1 aromatic rings. The lowest BCUT2D eigenvalue weighted by molar-refractivity contribution is -0.117. The van der Waals surface area contributed by atoms with Gasteiger partial charge in [0, 0.05) is 30.1 Å². The number of anilines is 1. The SMILES string of the molecule is [N-]=[N+]=NCC1CC(=O)N(c2ccc(O)c(Br)c2)C1. The van der Waals surface area contributed by atoms with Crippen LogP contribution in [0.1, 0.15) is 6.42 Å². The minimum absolute atomic E-state index is 0.00531. The number of amides is 1. The van der Waals surface area contributed by atoms with Gasteiger partial charge in [-0.05, 0) is 45.6 Å². The lowest BCUT2D eigenvalue weighted by Crippen LogP contribution is -2.24. The summed E-state index contributed by atoms with van der Waals surface area (Å²) >= 11 is 3.22. The van der Waals surface area contributed by atoms with Crippen molar-refractivity contribution in [1.29, 1.82) is 0 Å². The van der Waals surface area contributed by atoms with Crippen molar-refractivity contribution >= 4 is 27.5 Å². The van der Waals surface area contributed by atoms with Crippen molar-refractivity contribution < 1.29 is 9.90 Å². The van der Waals surface area contributed by atoms with Crippen LogP contribution in [0, 0.1) is 5.92 Å². The number of phenolic OH excluding ortho intramolecular Hbond substituents is 1. The fraction of sp³-hybridized carbons (Fsp3) is 0.364. The predicted octanol–water partition coefficient (Wildman–Crippen LogP) is 2.82. The number of phenols is 1. The molecule has 6 nitrogen and oxygen atoms in total. The van der Waals surface area contributed by atoms with Gasteiger partial charge >= 0.3 is 0 Å². The lowest BCUT2D eigenvalue weighted by Gasteiger charge is -2.17. The van der Waals surface area contributed by atoms with Gasteiger partial charge in [0.2, 0.25) is 5.91 Å². The first-order valence-corrected chi connectivity index (χ1v) is 6.21.